The van der Waals surface area contributed by atoms with Crippen molar-refractivity contribution >= 4 is 5.97 Å². The molecule has 2 N–H and O–H groups in total. The summed E-state index contributed by atoms with van der Waals surface area (Å²) in [4.78, 5) is 12.2. The van der Waals surface area contributed by atoms with Crippen LogP contribution in [0.3, 0.4) is 0 Å². The summed E-state index contributed by atoms with van der Waals surface area (Å²) >= 11 is 0. The van der Waals surface area contributed by atoms with Gasteiger partial charge >= 0.3 is 5.97 Å². The number of benzene rings is 1. The molecular weight excluding hydrogens is 330 g/mol. The molecule has 0 aliphatic heterocycles. The van der Waals surface area contributed by atoms with Gasteiger partial charge in [0.05, 0.1) is 12.7 Å². The lowest BCUT2D eigenvalue weighted by Crippen LogP contribution is -2.49. The van der Waals surface area contributed by atoms with Gasteiger partial charge in [0, 0.05) is 24.8 Å². The Morgan fingerprint density at radius 1 is 1.23 bits per heavy atom. The summed E-state index contributed by atoms with van der Waals surface area (Å²) in [5.74, 6) is -0.326. The number of unbranched alkanes of at least 4 members (excludes halogenated alkanes) is 2. The fraction of sp³-hybridized carbons (Fsp3) is 0.571. The number of esters is 1. The number of aliphatic hydroxyl groups is 1. The van der Waals surface area contributed by atoms with E-state index in [1.165, 1.54) is 0 Å². The van der Waals surface area contributed by atoms with Crippen LogP contribution in [0.5, 0.6) is 0 Å². The molecule has 144 valence electrons. The number of nitrogens with one attached hydrogen (secondary N) is 1. The Kier molecular flexibility index (Phi) is 8.81. The van der Waals surface area contributed by atoms with Gasteiger partial charge in [-0.3, -0.25) is 0 Å². The molecule has 1 aromatic rings. The Morgan fingerprint density at radius 3 is 2.69 bits per heavy atom. The number of hydrogen-bond acceptors (Lipinski definition) is 5. The lowest BCUT2D eigenvalue weighted by molar-refractivity contribution is -0.139. The maximum absolute atomic E-state index is 12.2. The number of ether oxygens (including phenoxy) is 2. The van der Waals surface area contributed by atoms with Crippen molar-refractivity contribution in [1.29, 1.82) is 0 Å². The molecule has 2 rings (SSSR count). The van der Waals surface area contributed by atoms with Crippen molar-refractivity contribution < 1.29 is 19.4 Å². The minimum Gasteiger partial charge on any atom is -0.463 e. The van der Waals surface area contributed by atoms with Crippen LogP contribution in [-0.4, -0.2) is 42.5 Å². The van der Waals surface area contributed by atoms with Crippen LogP contribution in [-0.2, 0) is 20.8 Å². The Labute approximate surface area is 156 Å². The van der Waals surface area contributed by atoms with E-state index < -0.39 is 12.2 Å². The normalized spacial score (nSPS) is 22.7. The van der Waals surface area contributed by atoms with Gasteiger partial charge in [-0.2, -0.15) is 0 Å². The van der Waals surface area contributed by atoms with Crippen molar-refractivity contribution in [3.8, 4) is 0 Å². The van der Waals surface area contributed by atoms with E-state index in [9.17, 15) is 9.90 Å². The molecule has 0 saturated carbocycles. The van der Waals surface area contributed by atoms with Gasteiger partial charge in [-0.1, -0.05) is 50.1 Å². The predicted octanol–water partition coefficient (Wildman–Crippen LogP) is 2.97. The zero-order valence-corrected chi connectivity index (χ0v) is 15.8. The Morgan fingerprint density at radius 2 is 2.00 bits per heavy atom. The van der Waals surface area contributed by atoms with Crippen molar-refractivity contribution in [2.45, 2.75) is 64.3 Å². The second-order valence-corrected chi connectivity index (χ2v) is 6.62. The minimum absolute atomic E-state index is 0.254. The molecule has 1 aromatic carbocycles. The van der Waals surface area contributed by atoms with Gasteiger partial charge in [0.1, 0.15) is 6.10 Å². The molecule has 3 atom stereocenters. The second-order valence-electron chi connectivity index (χ2n) is 6.62. The van der Waals surface area contributed by atoms with Crippen LogP contribution in [0.25, 0.3) is 0 Å². The van der Waals surface area contributed by atoms with Crippen molar-refractivity contribution in [2.75, 3.05) is 13.2 Å². The monoisotopic (exact) mass is 361 g/mol. The standard InChI is InChI=1S/C21H31NO4/c1-3-5-9-12-26-19-14-17(21(24)25-4-2)13-18(20(19)23)22-15-16-10-7-6-8-11-16/h6-8,10-11,14,18-20,22-23H,3-5,9,12-13,15H2,1-2H3. The molecule has 0 aromatic heterocycles. The molecule has 0 bridgehead atoms. The van der Waals surface area contributed by atoms with Crippen LogP contribution < -0.4 is 5.32 Å². The topological polar surface area (TPSA) is 67.8 Å². The fourth-order valence-corrected chi connectivity index (χ4v) is 3.08. The highest BCUT2D eigenvalue weighted by Crippen LogP contribution is 2.23. The zero-order valence-electron chi connectivity index (χ0n) is 15.8. The van der Waals surface area contributed by atoms with Gasteiger partial charge < -0.3 is 19.9 Å². The molecule has 1 aliphatic rings. The van der Waals surface area contributed by atoms with Crippen LogP contribution in [0.4, 0.5) is 0 Å². The Hall–Kier alpha value is -1.69. The molecule has 0 amide bonds. The average Bonchev–Trinajstić information content (AvgIpc) is 2.66. The molecule has 0 fully saturated rings. The largest absolute Gasteiger partial charge is 0.463 e. The number of hydrogen-bond donors (Lipinski definition) is 2. The lowest BCUT2D eigenvalue weighted by atomic mass is 9.89. The van der Waals surface area contributed by atoms with Crippen molar-refractivity contribution in [1.82, 2.24) is 5.32 Å². The predicted molar refractivity (Wildman–Crippen MR) is 102 cm³/mol. The molecule has 0 heterocycles. The van der Waals surface area contributed by atoms with E-state index in [0.29, 0.717) is 31.8 Å². The van der Waals surface area contributed by atoms with E-state index in [1.54, 1.807) is 13.0 Å². The summed E-state index contributed by atoms with van der Waals surface area (Å²) in [7, 11) is 0. The molecule has 0 spiro atoms. The number of carbonyl (C=O) groups excluding carboxylic acids is 1. The maximum atomic E-state index is 12.2. The first kappa shape index (κ1) is 20.6. The van der Waals surface area contributed by atoms with Crippen molar-refractivity contribution in [2.24, 2.45) is 0 Å². The van der Waals surface area contributed by atoms with E-state index in [0.717, 1.165) is 24.8 Å². The summed E-state index contributed by atoms with van der Waals surface area (Å²) in [5.41, 5.74) is 1.70. The van der Waals surface area contributed by atoms with Gasteiger partial charge in [0.2, 0.25) is 0 Å². The van der Waals surface area contributed by atoms with Gasteiger partial charge in [-0.25, -0.2) is 4.79 Å². The van der Waals surface area contributed by atoms with Crippen LogP contribution in [0.2, 0.25) is 0 Å². The van der Waals surface area contributed by atoms with Gasteiger partial charge in [-0.15, -0.1) is 0 Å². The van der Waals surface area contributed by atoms with E-state index >= 15 is 0 Å². The van der Waals surface area contributed by atoms with E-state index in [4.69, 9.17) is 9.47 Å². The van der Waals surface area contributed by atoms with E-state index in [2.05, 4.69) is 12.2 Å². The van der Waals surface area contributed by atoms with Crippen molar-refractivity contribution in [3.63, 3.8) is 0 Å². The summed E-state index contributed by atoms with van der Waals surface area (Å²) in [6.45, 7) is 5.47. The number of rotatable bonds is 10. The SMILES string of the molecule is CCCCCOC1C=C(C(=O)OCC)CC(NCc2ccccc2)C1O. The number of aliphatic hydroxyl groups excluding tert-OH is 1. The lowest BCUT2D eigenvalue weighted by Gasteiger charge is -2.34. The Bertz CT molecular complexity index is 573. The summed E-state index contributed by atoms with van der Waals surface area (Å²) < 4.78 is 11.0. The molecule has 5 nitrogen and oxygen atoms in total. The quantitative estimate of drug-likeness (QED) is 0.495. The maximum Gasteiger partial charge on any atom is 0.333 e. The van der Waals surface area contributed by atoms with Gasteiger partial charge in [0.25, 0.3) is 0 Å². The highest BCUT2D eigenvalue weighted by Gasteiger charge is 2.34. The van der Waals surface area contributed by atoms with Crippen molar-refractivity contribution in [3.05, 3.63) is 47.5 Å². The molecule has 3 unspecified atom stereocenters. The minimum atomic E-state index is -0.696. The van der Waals surface area contributed by atoms with Crippen LogP contribution in [0.15, 0.2) is 42.0 Å². The molecule has 5 heteroatoms. The third-order valence-corrected chi connectivity index (χ3v) is 4.56. The van der Waals surface area contributed by atoms with Gasteiger partial charge in [0.15, 0.2) is 0 Å². The molecular formula is C21H31NO4. The van der Waals surface area contributed by atoms with E-state index in [-0.39, 0.29) is 12.0 Å². The van der Waals surface area contributed by atoms with Crippen LogP contribution in [0, 0.1) is 0 Å². The highest BCUT2D eigenvalue weighted by atomic mass is 16.5. The third-order valence-electron chi connectivity index (χ3n) is 4.56. The number of carbonyl (C=O) groups is 1. The van der Waals surface area contributed by atoms with Gasteiger partial charge in [-0.05, 0) is 31.4 Å². The zero-order chi connectivity index (χ0) is 18.8. The average molecular weight is 361 g/mol. The first-order chi connectivity index (χ1) is 12.7. The second kappa shape index (κ2) is 11.1. The van der Waals surface area contributed by atoms with Crippen LogP contribution in [0.1, 0.15) is 45.1 Å². The first-order valence-corrected chi connectivity index (χ1v) is 9.60. The first-order valence-electron chi connectivity index (χ1n) is 9.60. The Balaban J connectivity index is 2.02. The molecule has 1 aliphatic carbocycles. The molecule has 0 saturated heterocycles. The summed E-state index contributed by atoms with van der Waals surface area (Å²) in [5, 5.41) is 14.1. The highest BCUT2D eigenvalue weighted by molar-refractivity contribution is 5.89. The summed E-state index contributed by atoms with van der Waals surface area (Å²) in [6.07, 6.45) is 4.13. The molecule has 26 heavy (non-hydrogen) atoms. The van der Waals surface area contributed by atoms with Crippen LogP contribution >= 0.6 is 0 Å². The third kappa shape index (κ3) is 6.24. The summed E-state index contributed by atoms with van der Waals surface area (Å²) in [6, 6.07) is 9.75. The smallest absolute Gasteiger partial charge is 0.333 e. The fourth-order valence-electron chi connectivity index (χ4n) is 3.08. The van der Waals surface area contributed by atoms with E-state index in [1.807, 2.05) is 30.3 Å². The molecule has 0 radical (unpaired) electrons.